The van der Waals surface area contributed by atoms with Crippen molar-refractivity contribution < 1.29 is 0 Å². The van der Waals surface area contributed by atoms with Crippen LogP contribution in [-0.2, 0) is 6.54 Å². The van der Waals surface area contributed by atoms with Gasteiger partial charge in [-0.2, -0.15) is 0 Å². The quantitative estimate of drug-likeness (QED) is 0.561. The molecule has 0 aliphatic heterocycles. The molecule has 0 bridgehead atoms. The minimum atomic E-state index is 0.558. The number of hydrogen-bond acceptors (Lipinski definition) is 5. The Bertz CT molecular complexity index is 924. The average Bonchev–Trinajstić information content (AvgIpc) is 3.17. The Balaban J connectivity index is 1.79. The molecule has 108 valence electrons. The zero-order valence-electron chi connectivity index (χ0n) is 11.6. The highest BCUT2D eigenvalue weighted by Gasteiger charge is 2.13. The molecule has 0 unspecified atom stereocenters. The maximum atomic E-state index is 5.81. The molecule has 0 saturated heterocycles. The lowest BCUT2D eigenvalue weighted by Gasteiger charge is -2.03. The third-order valence-corrected chi connectivity index (χ3v) is 3.44. The summed E-state index contributed by atoms with van der Waals surface area (Å²) in [6, 6.07) is 11.5. The summed E-state index contributed by atoms with van der Waals surface area (Å²) in [5, 5.41) is 8.43. The molecular weight excluding hydrogens is 278 g/mol. The molecule has 4 aromatic rings. The van der Waals surface area contributed by atoms with E-state index in [1.165, 1.54) is 6.33 Å². The van der Waals surface area contributed by atoms with E-state index in [9.17, 15) is 0 Å². The minimum Gasteiger partial charge on any atom is -0.399 e. The first-order chi connectivity index (χ1) is 10.8. The number of fused-ring (bicyclic) bond motifs is 1. The van der Waals surface area contributed by atoms with Gasteiger partial charge in [0.1, 0.15) is 12.0 Å². The van der Waals surface area contributed by atoms with Crippen LogP contribution in [0.25, 0.3) is 22.6 Å². The van der Waals surface area contributed by atoms with Crippen LogP contribution < -0.4 is 5.73 Å². The summed E-state index contributed by atoms with van der Waals surface area (Å²) in [4.78, 5) is 11.7. The molecular formula is C15H13N7. The fraction of sp³-hybridized carbons (Fsp3) is 0.0667. The van der Waals surface area contributed by atoms with Crippen LogP contribution in [0.4, 0.5) is 5.69 Å². The van der Waals surface area contributed by atoms with Crippen molar-refractivity contribution in [2.24, 2.45) is 0 Å². The van der Waals surface area contributed by atoms with Gasteiger partial charge in [0.25, 0.3) is 0 Å². The number of nitrogens with zero attached hydrogens (tertiary/aromatic N) is 5. The number of nitrogens with one attached hydrogen (secondary N) is 1. The van der Waals surface area contributed by atoms with Crippen molar-refractivity contribution in [3.8, 4) is 11.4 Å². The van der Waals surface area contributed by atoms with Gasteiger partial charge in [-0.3, -0.25) is 0 Å². The first-order valence-corrected chi connectivity index (χ1v) is 6.83. The molecule has 0 fully saturated rings. The van der Waals surface area contributed by atoms with Crippen molar-refractivity contribution >= 4 is 16.9 Å². The molecule has 7 nitrogen and oxygen atoms in total. The van der Waals surface area contributed by atoms with Crippen LogP contribution in [0.15, 0.2) is 48.9 Å². The van der Waals surface area contributed by atoms with E-state index in [1.807, 2.05) is 42.6 Å². The predicted octanol–water partition coefficient (Wildman–Crippen LogP) is 1.85. The molecule has 1 aromatic carbocycles. The van der Waals surface area contributed by atoms with E-state index < -0.39 is 0 Å². The largest absolute Gasteiger partial charge is 0.399 e. The summed E-state index contributed by atoms with van der Waals surface area (Å²) in [6.45, 7) is 0.558. The van der Waals surface area contributed by atoms with Crippen LogP contribution in [0.2, 0.25) is 0 Å². The number of aromatic nitrogens is 6. The Kier molecular flexibility index (Phi) is 2.82. The van der Waals surface area contributed by atoms with Gasteiger partial charge < -0.3 is 10.7 Å². The van der Waals surface area contributed by atoms with Crippen molar-refractivity contribution in [1.29, 1.82) is 0 Å². The standard InChI is InChI=1S/C15H13N7/c16-11-4-1-3-10(7-11)8-22-15-14(20-21-22)13(18-9-19-15)12-5-2-6-17-12/h1-7,9,17H,8,16H2. The summed E-state index contributed by atoms with van der Waals surface area (Å²) >= 11 is 0. The second-order valence-corrected chi connectivity index (χ2v) is 4.97. The average molecular weight is 291 g/mol. The van der Waals surface area contributed by atoms with Crippen molar-refractivity contribution in [2.75, 3.05) is 5.73 Å². The molecule has 0 atom stereocenters. The van der Waals surface area contributed by atoms with Crippen LogP contribution in [-0.4, -0.2) is 29.9 Å². The fourth-order valence-corrected chi connectivity index (χ4v) is 2.44. The maximum absolute atomic E-state index is 5.81. The van der Waals surface area contributed by atoms with Crippen LogP contribution in [0.3, 0.4) is 0 Å². The highest BCUT2D eigenvalue weighted by Crippen LogP contribution is 2.22. The smallest absolute Gasteiger partial charge is 0.182 e. The molecule has 3 heterocycles. The maximum Gasteiger partial charge on any atom is 0.182 e. The lowest BCUT2D eigenvalue weighted by atomic mass is 10.2. The summed E-state index contributed by atoms with van der Waals surface area (Å²) in [6.07, 6.45) is 3.37. The van der Waals surface area contributed by atoms with Gasteiger partial charge in [-0.1, -0.05) is 17.3 Å². The lowest BCUT2D eigenvalue weighted by molar-refractivity contribution is 0.664. The number of benzene rings is 1. The topological polar surface area (TPSA) is 98.3 Å². The van der Waals surface area contributed by atoms with E-state index in [1.54, 1.807) is 4.68 Å². The Morgan fingerprint density at radius 1 is 1.14 bits per heavy atom. The van der Waals surface area contributed by atoms with Gasteiger partial charge in [0, 0.05) is 11.9 Å². The van der Waals surface area contributed by atoms with E-state index in [0.29, 0.717) is 17.7 Å². The number of H-pyrrole nitrogens is 1. The highest BCUT2D eigenvalue weighted by molar-refractivity contribution is 5.85. The number of nitrogen functional groups attached to an aromatic ring is 1. The van der Waals surface area contributed by atoms with Crippen LogP contribution in [0, 0.1) is 0 Å². The molecule has 3 aromatic heterocycles. The minimum absolute atomic E-state index is 0.558. The Hall–Kier alpha value is -3.22. The number of aromatic amines is 1. The van der Waals surface area contributed by atoms with Crippen molar-refractivity contribution in [3.05, 3.63) is 54.5 Å². The van der Waals surface area contributed by atoms with Gasteiger partial charge in [0.05, 0.1) is 12.2 Å². The van der Waals surface area contributed by atoms with Gasteiger partial charge in [-0.25, -0.2) is 14.6 Å². The Labute approximate surface area is 125 Å². The summed E-state index contributed by atoms with van der Waals surface area (Å²) in [5.41, 5.74) is 10.6. The van der Waals surface area contributed by atoms with E-state index in [-0.39, 0.29) is 0 Å². The van der Waals surface area contributed by atoms with E-state index in [0.717, 1.165) is 22.6 Å². The zero-order chi connectivity index (χ0) is 14.9. The first kappa shape index (κ1) is 12.5. The van der Waals surface area contributed by atoms with Crippen LogP contribution >= 0.6 is 0 Å². The van der Waals surface area contributed by atoms with Crippen molar-refractivity contribution in [3.63, 3.8) is 0 Å². The van der Waals surface area contributed by atoms with Gasteiger partial charge in [-0.15, -0.1) is 5.10 Å². The molecule has 0 spiro atoms. The van der Waals surface area contributed by atoms with Gasteiger partial charge in [0.15, 0.2) is 11.2 Å². The monoisotopic (exact) mass is 291 g/mol. The molecule has 3 N–H and O–H groups in total. The van der Waals surface area contributed by atoms with Crippen molar-refractivity contribution in [2.45, 2.75) is 6.54 Å². The van der Waals surface area contributed by atoms with Crippen molar-refractivity contribution in [1.82, 2.24) is 29.9 Å². The van der Waals surface area contributed by atoms with Crippen LogP contribution in [0.5, 0.6) is 0 Å². The molecule has 7 heteroatoms. The number of rotatable bonds is 3. The summed E-state index contributed by atoms with van der Waals surface area (Å²) in [7, 11) is 0. The zero-order valence-corrected chi connectivity index (χ0v) is 11.6. The normalized spacial score (nSPS) is 11.1. The Morgan fingerprint density at radius 3 is 2.91 bits per heavy atom. The lowest BCUT2D eigenvalue weighted by Crippen LogP contribution is -2.03. The number of hydrogen-bond donors (Lipinski definition) is 2. The fourth-order valence-electron chi connectivity index (χ4n) is 2.44. The third kappa shape index (κ3) is 2.08. The number of nitrogens with two attached hydrogens (primary N) is 1. The van der Waals surface area contributed by atoms with E-state index in [4.69, 9.17) is 5.73 Å². The molecule has 0 amide bonds. The molecule has 4 rings (SSSR count). The first-order valence-electron chi connectivity index (χ1n) is 6.83. The molecule has 0 aliphatic rings. The highest BCUT2D eigenvalue weighted by atomic mass is 15.4. The molecule has 0 radical (unpaired) electrons. The number of anilines is 1. The van der Waals surface area contributed by atoms with Gasteiger partial charge in [-0.05, 0) is 29.8 Å². The summed E-state index contributed by atoms with van der Waals surface area (Å²) in [5.74, 6) is 0. The second-order valence-electron chi connectivity index (χ2n) is 4.97. The molecule has 0 saturated carbocycles. The van der Waals surface area contributed by atoms with Gasteiger partial charge in [0.2, 0.25) is 0 Å². The predicted molar refractivity (Wildman–Crippen MR) is 82.9 cm³/mol. The summed E-state index contributed by atoms with van der Waals surface area (Å²) < 4.78 is 1.75. The molecule has 0 aliphatic carbocycles. The SMILES string of the molecule is Nc1cccc(Cn2nnc3c(-c4ccc[nH]4)ncnc32)c1. The van der Waals surface area contributed by atoms with E-state index >= 15 is 0 Å². The second kappa shape index (κ2) is 4.96. The third-order valence-electron chi connectivity index (χ3n) is 3.44. The molecule has 22 heavy (non-hydrogen) atoms. The van der Waals surface area contributed by atoms with E-state index in [2.05, 4.69) is 25.3 Å². The Morgan fingerprint density at radius 2 is 2.09 bits per heavy atom. The van der Waals surface area contributed by atoms with Gasteiger partial charge >= 0.3 is 0 Å². The van der Waals surface area contributed by atoms with Crippen LogP contribution in [0.1, 0.15) is 5.56 Å².